The Hall–Kier alpha value is -1.10. The summed E-state index contributed by atoms with van der Waals surface area (Å²) in [6.45, 7) is 15.2. The summed E-state index contributed by atoms with van der Waals surface area (Å²) in [5.74, 6) is 0.880. The highest BCUT2D eigenvalue weighted by Gasteiger charge is 2.37. The van der Waals surface area contributed by atoms with Crippen LogP contribution in [0.3, 0.4) is 0 Å². The van der Waals surface area contributed by atoms with Crippen molar-refractivity contribution in [3.05, 3.63) is 42.0 Å². The van der Waals surface area contributed by atoms with Crippen LogP contribution in [0.2, 0.25) is 18.1 Å². The second-order valence-electron chi connectivity index (χ2n) is 10.4. The Morgan fingerprint density at radius 2 is 1.59 bits per heavy atom. The number of rotatable bonds is 17. The van der Waals surface area contributed by atoms with Crippen molar-refractivity contribution in [3.8, 4) is 5.75 Å². The molecule has 1 aromatic rings. The third kappa shape index (κ3) is 12.2. The first kappa shape index (κ1) is 28.9. The molecule has 0 fully saturated rings. The zero-order valence-electron chi connectivity index (χ0n) is 22.0. The summed E-state index contributed by atoms with van der Waals surface area (Å²) in [5, 5.41) is 0.240. The normalized spacial score (nSPS) is 13.6. The van der Waals surface area contributed by atoms with Gasteiger partial charge in [0.15, 0.2) is 8.32 Å². The predicted octanol–water partition coefficient (Wildman–Crippen LogP) is 8.69. The second-order valence-corrected chi connectivity index (χ2v) is 15.3. The maximum Gasteiger partial charge on any atom is 0.191 e. The fourth-order valence-corrected chi connectivity index (χ4v) is 4.34. The van der Waals surface area contributed by atoms with Gasteiger partial charge in [-0.1, -0.05) is 84.1 Å². The van der Waals surface area contributed by atoms with Crippen LogP contribution in [0.5, 0.6) is 5.75 Å². The molecule has 0 saturated heterocycles. The summed E-state index contributed by atoms with van der Waals surface area (Å²) >= 11 is 0. The summed E-state index contributed by atoms with van der Waals surface area (Å²) in [7, 11) is -0.0237. The number of allylic oxidation sites excluding steroid dienone is 1. The van der Waals surface area contributed by atoms with Crippen LogP contribution in [0.15, 0.2) is 36.4 Å². The molecule has 0 heterocycles. The first-order valence-electron chi connectivity index (χ1n) is 12.7. The van der Waals surface area contributed by atoms with Crippen molar-refractivity contribution >= 4 is 8.32 Å². The Morgan fingerprint density at radius 3 is 2.22 bits per heavy atom. The van der Waals surface area contributed by atoms with Gasteiger partial charge in [0.25, 0.3) is 0 Å². The standard InChI is InChI=1S/C28H50O3Si/c1-8-9-10-11-12-13-14-15-16-17-27(22-23-31-32(6,7)28(2,3)4)30-24-25-18-20-26(29-5)21-19-25/h15-16,18-21,27H,8-14,17,22-24H2,1-7H3/b16-15-. The number of unbranched alkanes of at least 4 members (excludes halogenated alkanes) is 6. The van der Waals surface area contributed by atoms with E-state index in [0.717, 1.165) is 25.2 Å². The zero-order chi connectivity index (χ0) is 23.9. The minimum Gasteiger partial charge on any atom is -0.497 e. The largest absolute Gasteiger partial charge is 0.497 e. The van der Waals surface area contributed by atoms with Crippen LogP contribution < -0.4 is 4.74 Å². The molecule has 0 aromatic heterocycles. The van der Waals surface area contributed by atoms with Gasteiger partial charge in [0, 0.05) is 6.61 Å². The molecule has 184 valence electrons. The molecule has 0 spiro atoms. The first-order chi connectivity index (χ1) is 15.2. The molecular formula is C28H50O3Si. The molecule has 0 aliphatic carbocycles. The van der Waals surface area contributed by atoms with E-state index in [1.165, 1.54) is 50.5 Å². The molecule has 4 heteroatoms. The van der Waals surface area contributed by atoms with Gasteiger partial charge in [-0.15, -0.1) is 0 Å². The second kappa shape index (κ2) is 15.7. The van der Waals surface area contributed by atoms with Crippen LogP contribution in [-0.4, -0.2) is 28.1 Å². The lowest BCUT2D eigenvalue weighted by Crippen LogP contribution is -2.41. The third-order valence-corrected chi connectivity index (χ3v) is 11.2. The first-order valence-corrected chi connectivity index (χ1v) is 15.6. The van der Waals surface area contributed by atoms with Gasteiger partial charge in [-0.3, -0.25) is 0 Å². The smallest absolute Gasteiger partial charge is 0.191 e. The predicted molar refractivity (Wildman–Crippen MR) is 141 cm³/mol. The lowest BCUT2D eigenvalue weighted by molar-refractivity contribution is 0.0272. The lowest BCUT2D eigenvalue weighted by atomic mass is 10.1. The molecule has 32 heavy (non-hydrogen) atoms. The van der Waals surface area contributed by atoms with E-state index in [9.17, 15) is 0 Å². The lowest BCUT2D eigenvalue weighted by Gasteiger charge is -2.36. The molecule has 0 aliphatic heterocycles. The summed E-state index contributed by atoms with van der Waals surface area (Å²) in [6, 6.07) is 8.15. The monoisotopic (exact) mass is 462 g/mol. The highest BCUT2D eigenvalue weighted by molar-refractivity contribution is 6.74. The number of methoxy groups -OCH3 is 1. The number of hydrogen-bond donors (Lipinski definition) is 0. The van der Waals surface area contributed by atoms with Gasteiger partial charge in [0.2, 0.25) is 0 Å². The molecule has 0 N–H and O–H groups in total. The average Bonchev–Trinajstić information content (AvgIpc) is 2.75. The number of ether oxygens (including phenoxy) is 2. The van der Waals surface area contributed by atoms with Gasteiger partial charge >= 0.3 is 0 Å². The fourth-order valence-electron chi connectivity index (χ4n) is 3.28. The molecular weight excluding hydrogens is 412 g/mol. The van der Waals surface area contributed by atoms with Gasteiger partial charge in [-0.2, -0.15) is 0 Å². The Labute approximate surface area is 200 Å². The van der Waals surface area contributed by atoms with Gasteiger partial charge in [-0.05, 0) is 61.5 Å². The van der Waals surface area contributed by atoms with E-state index in [4.69, 9.17) is 13.9 Å². The fraction of sp³-hybridized carbons (Fsp3) is 0.714. The van der Waals surface area contributed by atoms with E-state index >= 15 is 0 Å². The molecule has 3 nitrogen and oxygen atoms in total. The minimum absolute atomic E-state index is 0.183. The van der Waals surface area contributed by atoms with Crippen LogP contribution in [-0.2, 0) is 15.8 Å². The van der Waals surface area contributed by atoms with Gasteiger partial charge in [-0.25, -0.2) is 0 Å². The van der Waals surface area contributed by atoms with Gasteiger partial charge in [0.05, 0.1) is 19.8 Å². The Kier molecular flexibility index (Phi) is 14.2. The summed E-state index contributed by atoms with van der Waals surface area (Å²) in [5.41, 5.74) is 1.18. The highest BCUT2D eigenvalue weighted by Crippen LogP contribution is 2.36. The van der Waals surface area contributed by atoms with Crippen molar-refractivity contribution in [2.24, 2.45) is 0 Å². The van der Waals surface area contributed by atoms with Crippen LogP contribution in [0.25, 0.3) is 0 Å². The topological polar surface area (TPSA) is 27.7 Å². The van der Waals surface area contributed by atoms with Crippen molar-refractivity contribution < 1.29 is 13.9 Å². The van der Waals surface area contributed by atoms with Crippen LogP contribution >= 0.6 is 0 Å². The summed E-state index contributed by atoms with van der Waals surface area (Å²) in [6.07, 6.45) is 16.0. The molecule has 1 atom stereocenters. The maximum absolute atomic E-state index is 6.42. The van der Waals surface area contributed by atoms with Gasteiger partial charge in [0.1, 0.15) is 5.75 Å². The van der Waals surface area contributed by atoms with Crippen molar-refractivity contribution in [1.82, 2.24) is 0 Å². The minimum atomic E-state index is -1.72. The third-order valence-electron chi connectivity index (χ3n) is 6.64. The Bertz CT molecular complexity index is 617. The molecule has 0 aliphatic rings. The molecule has 0 saturated carbocycles. The van der Waals surface area contributed by atoms with E-state index in [-0.39, 0.29) is 11.1 Å². The molecule has 1 aromatic carbocycles. The number of benzene rings is 1. The summed E-state index contributed by atoms with van der Waals surface area (Å²) < 4.78 is 18.0. The van der Waals surface area contributed by atoms with E-state index < -0.39 is 8.32 Å². The van der Waals surface area contributed by atoms with Crippen LogP contribution in [0.4, 0.5) is 0 Å². The zero-order valence-corrected chi connectivity index (χ0v) is 23.0. The van der Waals surface area contributed by atoms with Crippen LogP contribution in [0.1, 0.15) is 91.0 Å². The van der Waals surface area contributed by atoms with Crippen molar-refractivity contribution in [1.29, 1.82) is 0 Å². The van der Waals surface area contributed by atoms with Crippen molar-refractivity contribution in [2.45, 2.75) is 116 Å². The number of hydrogen-bond acceptors (Lipinski definition) is 3. The Morgan fingerprint density at radius 1 is 0.938 bits per heavy atom. The summed E-state index contributed by atoms with van der Waals surface area (Å²) in [4.78, 5) is 0. The van der Waals surface area contributed by atoms with E-state index in [2.05, 4.69) is 65.1 Å². The SMILES string of the molecule is CCCCCCCC/C=C\CC(CCO[Si](C)(C)C(C)(C)C)OCc1ccc(OC)cc1. The van der Waals surface area contributed by atoms with E-state index in [0.29, 0.717) is 6.61 Å². The average molecular weight is 463 g/mol. The molecule has 1 rings (SSSR count). The van der Waals surface area contributed by atoms with E-state index in [1.54, 1.807) is 7.11 Å². The van der Waals surface area contributed by atoms with E-state index in [1.807, 2.05) is 12.1 Å². The van der Waals surface area contributed by atoms with Gasteiger partial charge < -0.3 is 13.9 Å². The quantitative estimate of drug-likeness (QED) is 0.132. The van der Waals surface area contributed by atoms with Crippen molar-refractivity contribution in [2.75, 3.05) is 13.7 Å². The molecule has 0 radical (unpaired) electrons. The van der Waals surface area contributed by atoms with Crippen LogP contribution in [0, 0.1) is 0 Å². The Balaban J connectivity index is 2.50. The maximum atomic E-state index is 6.42. The molecule has 0 amide bonds. The molecule has 0 bridgehead atoms. The van der Waals surface area contributed by atoms with Crippen molar-refractivity contribution in [3.63, 3.8) is 0 Å². The highest BCUT2D eigenvalue weighted by atomic mass is 28.4. The molecule has 1 unspecified atom stereocenters.